The minimum Gasteiger partial charge on any atom is -0.392 e. The molecule has 9 heteroatoms. The van der Waals surface area contributed by atoms with Crippen LogP contribution in [0.25, 0.3) is 5.69 Å². The summed E-state index contributed by atoms with van der Waals surface area (Å²) in [6.45, 7) is 2.98. The molecule has 0 radical (unpaired) electrons. The molecule has 188 valence electrons. The Labute approximate surface area is 217 Å². The number of oxime groups is 1. The van der Waals surface area contributed by atoms with Crippen LogP contribution >= 0.6 is 23.2 Å². The van der Waals surface area contributed by atoms with E-state index in [1.54, 1.807) is 18.2 Å². The van der Waals surface area contributed by atoms with Gasteiger partial charge in [0.2, 0.25) is 0 Å². The SMILES string of the molecule is O=c1ccc(C(=NOC2CCN(CC3CC3)CC2)c2ccc(F)cc2F)cn1-c1c(Cl)cccc1Cl. The van der Waals surface area contributed by atoms with Crippen LogP contribution in [0.2, 0.25) is 10.0 Å². The van der Waals surface area contributed by atoms with Gasteiger partial charge in [-0.2, -0.15) is 0 Å². The Morgan fingerprint density at radius 1 is 1.00 bits per heavy atom. The van der Waals surface area contributed by atoms with E-state index in [1.165, 1.54) is 41.8 Å². The number of likely N-dealkylation sites (tertiary alicyclic amines) is 1. The fourth-order valence-corrected chi connectivity index (χ4v) is 5.03. The van der Waals surface area contributed by atoms with E-state index >= 15 is 0 Å². The van der Waals surface area contributed by atoms with E-state index in [0.717, 1.165) is 50.5 Å². The summed E-state index contributed by atoms with van der Waals surface area (Å²) in [7, 11) is 0. The molecule has 1 aliphatic carbocycles. The van der Waals surface area contributed by atoms with Crippen LogP contribution in [0.15, 0.2) is 64.7 Å². The molecule has 0 unspecified atom stereocenters. The molecule has 0 amide bonds. The normalized spacial score (nSPS) is 17.4. The second kappa shape index (κ2) is 10.7. The van der Waals surface area contributed by atoms with E-state index in [1.807, 2.05) is 0 Å². The van der Waals surface area contributed by atoms with Gasteiger partial charge in [0.05, 0.1) is 15.7 Å². The van der Waals surface area contributed by atoms with E-state index in [4.69, 9.17) is 28.0 Å². The number of hydrogen-bond donors (Lipinski definition) is 0. The molecule has 2 aromatic carbocycles. The zero-order valence-electron chi connectivity index (χ0n) is 19.5. The summed E-state index contributed by atoms with van der Waals surface area (Å²) >= 11 is 12.7. The number of pyridine rings is 1. The summed E-state index contributed by atoms with van der Waals surface area (Å²) in [5, 5.41) is 4.90. The Morgan fingerprint density at radius 3 is 2.39 bits per heavy atom. The van der Waals surface area contributed by atoms with E-state index in [2.05, 4.69) is 10.1 Å². The van der Waals surface area contributed by atoms with Crippen molar-refractivity contribution in [2.45, 2.75) is 31.8 Å². The highest BCUT2D eigenvalue weighted by molar-refractivity contribution is 6.37. The second-order valence-corrected chi connectivity index (χ2v) is 10.1. The Kier molecular flexibility index (Phi) is 7.42. The number of rotatable bonds is 7. The van der Waals surface area contributed by atoms with Crippen molar-refractivity contribution in [1.82, 2.24) is 9.47 Å². The first-order chi connectivity index (χ1) is 17.4. The minimum absolute atomic E-state index is 0.0537. The summed E-state index contributed by atoms with van der Waals surface area (Å²) in [5.74, 6) is -0.659. The van der Waals surface area contributed by atoms with Gasteiger partial charge in [-0.15, -0.1) is 0 Å². The van der Waals surface area contributed by atoms with Crippen molar-refractivity contribution in [1.29, 1.82) is 0 Å². The Bertz CT molecular complexity index is 1330. The summed E-state index contributed by atoms with van der Waals surface area (Å²) < 4.78 is 29.8. The van der Waals surface area contributed by atoms with E-state index < -0.39 is 11.6 Å². The van der Waals surface area contributed by atoms with Gasteiger partial charge in [0.15, 0.2) is 0 Å². The zero-order chi connectivity index (χ0) is 25.2. The third-order valence-electron chi connectivity index (χ3n) is 6.59. The van der Waals surface area contributed by atoms with Gasteiger partial charge in [0, 0.05) is 49.1 Å². The Balaban J connectivity index is 1.48. The maximum atomic E-state index is 14.9. The fourth-order valence-electron chi connectivity index (χ4n) is 4.45. The number of hydrogen-bond acceptors (Lipinski definition) is 4. The van der Waals surface area contributed by atoms with Gasteiger partial charge >= 0.3 is 0 Å². The molecule has 0 N–H and O–H groups in total. The monoisotopic (exact) mass is 531 g/mol. The van der Waals surface area contributed by atoms with Crippen LogP contribution in [0.3, 0.4) is 0 Å². The molecule has 2 heterocycles. The highest BCUT2D eigenvalue weighted by Gasteiger charge is 2.28. The van der Waals surface area contributed by atoms with Crippen molar-refractivity contribution in [3.63, 3.8) is 0 Å². The summed E-state index contributed by atoms with van der Waals surface area (Å²) in [4.78, 5) is 21.1. The van der Waals surface area contributed by atoms with Crippen molar-refractivity contribution in [3.8, 4) is 5.69 Å². The molecule has 1 saturated heterocycles. The molecule has 0 bridgehead atoms. The molecule has 1 saturated carbocycles. The zero-order valence-corrected chi connectivity index (χ0v) is 21.0. The Morgan fingerprint density at radius 2 is 1.72 bits per heavy atom. The van der Waals surface area contributed by atoms with Gasteiger partial charge in [0.1, 0.15) is 23.5 Å². The van der Waals surface area contributed by atoms with Crippen LogP contribution in [-0.2, 0) is 4.84 Å². The van der Waals surface area contributed by atoms with Crippen LogP contribution in [-0.4, -0.2) is 40.9 Å². The van der Waals surface area contributed by atoms with E-state index in [9.17, 15) is 13.6 Å². The predicted octanol–water partition coefficient (Wildman–Crippen LogP) is 6.07. The lowest BCUT2D eigenvalue weighted by Gasteiger charge is -2.30. The molecule has 5 nitrogen and oxygen atoms in total. The molecule has 5 rings (SSSR count). The molecule has 36 heavy (non-hydrogen) atoms. The van der Waals surface area contributed by atoms with Gasteiger partial charge in [-0.3, -0.25) is 9.36 Å². The van der Waals surface area contributed by atoms with Crippen LogP contribution in [0.4, 0.5) is 8.78 Å². The quantitative estimate of drug-likeness (QED) is 0.274. The summed E-state index contributed by atoms with van der Waals surface area (Å²) in [6, 6.07) is 11.0. The lowest BCUT2D eigenvalue weighted by Crippen LogP contribution is -2.37. The smallest absolute Gasteiger partial charge is 0.255 e. The number of benzene rings is 2. The number of para-hydroxylation sites is 1. The molecule has 2 fully saturated rings. The molecule has 2 aliphatic rings. The van der Waals surface area contributed by atoms with Crippen molar-refractivity contribution in [3.05, 3.63) is 97.9 Å². The van der Waals surface area contributed by atoms with Gasteiger partial charge < -0.3 is 9.74 Å². The maximum Gasteiger partial charge on any atom is 0.255 e. The lowest BCUT2D eigenvalue weighted by molar-refractivity contribution is 0.0101. The second-order valence-electron chi connectivity index (χ2n) is 9.31. The van der Waals surface area contributed by atoms with Crippen molar-refractivity contribution < 1.29 is 13.6 Å². The standard InChI is InChI=1S/C27H25Cl2F2N3O2/c28-22-2-1-3-23(29)27(22)34-16-18(6-9-25(34)35)26(21-8-7-19(30)14-24(21)31)32-36-20-10-12-33(13-11-20)15-17-4-5-17/h1-3,6-9,14,16-17,20H,4-5,10-13,15H2. The number of nitrogens with zero attached hydrogens (tertiary/aromatic N) is 3. The third kappa shape index (κ3) is 5.64. The summed E-state index contributed by atoms with van der Waals surface area (Å²) in [6.07, 6.45) is 5.61. The first-order valence-corrected chi connectivity index (χ1v) is 12.7. The maximum absolute atomic E-state index is 14.9. The molecule has 3 aromatic rings. The molecular weight excluding hydrogens is 507 g/mol. The van der Waals surface area contributed by atoms with Gasteiger partial charge in [-0.25, -0.2) is 8.78 Å². The first-order valence-electron chi connectivity index (χ1n) is 12.0. The largest absolute Gasteiger partial charge is 0.392 e. The highest BCUT2D eigenvalue weighted by Crippen LogP contribution is 2.31. The molecule has 0 atom stereocenters. The van der Waals surface area contributed by atoms with Crippen molar-refractivity contribution >= 4 is 28.9 Å². The third-order valence-corrected chi connectivity index (χ3v) is 7.20. The lowest BCUT2D eigenvalue weighted by atomic mass is 10.0. The van der Waals surface area contributed by atoms with Crippen LogP contribution in [0, 0.1) is 17.6 Å². The molecule has 1 aliphatic heterocycles. The number of halogens is 4. The predicted molar refractivity (Wildman–Crippen MR) is 137 cm³/mol. The van der Waals surface area contributed by atoms with E-state index in [0.29, 0.717) is 11.3 Å². The molecular formula is C27H25Cl2F2N3O2. The Hall–Kier alpha value is -2.74. The minimum atomic E-state index is -0.787. The fraction of sp³-hybridized carbons (Fsp3) is 0.333. The average Bonchev–Trinajstić information content (AvgIpc) is 3.67. The first kappa shape index (κ1) is 24.9. The highest BCUT2D eigenvalue weighted by atomic mass is 35.5. The van der Waals surface area contributed by atoms with Crippen LogP contribution in [0.5, 0.6) is 0 Å². The topological polar surface area (TPSA) is 46.8 Å². The van der Waals surface area contributed by atoms with Gasteiger partial charge in [-0.05, 0) is 61.9 Å². The van der Waals surface area contributed by atoms with Crippen LogP contribution in [0.1, 0.15) is 36.8 Å². The average molecular weight is 532 g/mol. The number of aromatic nitrogens is 1. The van der Waals surface area contributed by atoms with E-state index in [-0.39, 0.29) is 33.0 Å². The van der Waals surface area contributed by atoms with Gasteiger partial charge in [-0.1, -0.05) is 34.4 Å². The van der Waals surface area contributed by atoms with Crippen molar-refractivity contribution in [2.75, 3.05) is 19.6 Å². The van der Waals surface area contributed by atoms with Crippen LogP contribution < -0.4 is 5.56 Å². The number of piperidine rings is 1. The summed E-state index contributed by atoms with van der Waals surface area (Å²) in [5.41, 5.74) is 0.511. The molecule has 0 spiro atoms. The molecule has 1 aromatic heterocycles. The van der Waals surface area contributed by atoms with Gasteiger partial charge in [0.25, 0.3) is 5.56 Å². The van der Waals surface area contributed by atoms with Crippen molar-refractivity contribution in [2.24, 2.45) is 11.1 Å².